The lowest BCUT2D eigenvalue weighted by atomic mass is 9.95. The molecule has 4 rings (SSSR count). The zero-order valence-corrected chi connectivity index (χ0v) is 16.0. The molecule has 5 nitrogen and oxygen atoms in total. The highest BCUT2D eigenvalue weighted by atomic mass is 16.2. The summed E-state index contributed by atoms with van der Waals surface area (Å²) in [5.41, 5.74) is 1.29. The van der Waals surface area contributed by atoms with Crippen molar-refractivity contribution in [3.8, 4) is 0 Å². The summed E-state index contributed by atoms with van der Waals surface area (Å²) in [7, 11) is 0. The van der Waals surface area contributed by atoms with Crippen molar-refractivity contribution in [1.29, 1.82) is 0 Å². The summed E-state index contributed by atoms with van der Waals surface area (Å²) in [6.07, 6.45) is 12.0. The van der Waals surface area contributed by atoms with Crippen LogP contribution in [0.5, 0.6) is 0 Å². The summed E-state index contributed by atoms with van der Waals surface area (Å²) < 4.78 is 2.26. The minimum Gasteiger partial charge on any atom is -0.335 e. The number of nitrogens with one attached hydrogen (secondary N) is 1. The second-order valence-corrected chi connectivity index (χ2v) is 7.94. The van der Waals surface area contributed by atoms with Crippen LogP contribution >= 0.6 is 0 Å². The predicted molar refractivity (Wildman–Crippen MR) is 107 cm³/mol. The van der Waals surface area contributed by atoms with E-state index in [1.807, 2.05) is 17.2 Å². The molecule has 2 heterocycles. The first-order chi connectivity index (χ1) is 13.3. The van der Waals surface area contributed by atoms with Crippen molar-refractivity contribution in [2.75, 3.05) is 13.1 Å². The van der Waals surface area contributed by atoms with E-state index in [2.05, 4.69) is 45.3 Å². The third-order valence-corrected chi connectivity index (χ3v) is 6.02. The fraction of sp³-hybridized carbons (Fsp3) is 0.545. The predicted octanol–water partition coefficient (Wildman–Crippen LogP) is 4.15. The summed E-state index contributed by atoms with van der Waals surface area (Å²) in [5.74, 6) is 1.59. The van der Waals surface area contributed by atoms with Gasteiger partial charge in [-0.05, 0) is 31.2 Å². The van der Waals surface area contributed by atoms with Crippen molar-refractivity contribution in [2.24, 2.45) is 0 Å². The zero-order valence-electron chi connectivity index (χ0n) is 16.0. The number of urea groups is 1. The van der Waals surface area contributed by atoms with Gasteiger partial charge in [-0.1, -0.05) is 49.6 Å². The standard InChI is InChI=1S/C22H30N4O/c27-22(24-20-9-5-2-6-10-20)25-14-11-19(12-15-25)21-23-13-16-26(21)17-18-7-3-1-4-8-18/h1,3-4,7-8,13,16,19-20H,2,5-6,9-12,14-15,17H2,(H,24,27). The minimum atomic E-state index is 0.132. The Morgan fingerprint density at radius 3 is 2.52 bits per heavy atom. The number of benzene rings is 1. The SMILES string of the molecule is O=C(NC1CCCCC1)N1CCC(c2nccn2Cc2ccccc2)CC1. The number of amides is 2. The van der Waals surface area contributed by atoms with Crippen molar-refractivity contribution in [2.45, 2.75) is 63.5 Å². The van der Waals surface area contributed by atoms with Gasteiger partial charge in [0, 0.05) is 44.0 Å². The van der Waals surface area contributed by atoms with Gasteiger partial charge in [-0.2, -0.15) is 0 Å². The van der Waals surface area contributed by atoms with Crippen molar-refractivity contribution in [3.63, 3.8) is 0 Å². The van der Waals surface area contributed by atoms with Crippen molar-refractivity contribution < 1.29 is 4.79 Å². The van der Waals surface area contributed by atoms with Gasteiger partial charge >= 0.3 is 6.03 Å². The third kappa shape index (κ3) is 4.52. The molecule has 1 saturated carbocycles. The highest BCUT2D eigenvalue weighted by Crippen LogP contribution is 2.27. The quantitative estimate of drug-likeness (QED) is 0.883. The molecule has 1 aromatic carbocycles. The molecule has 1 aromatic heterocycles. The molecule has 1 aliphatic heterocycles. The van der Waals surface area contributed by atoms with Crippen molar-refractivity contribution >= 4 is 6.03 Å². The van der Waals surface area contributed by atoms with Crippen LogP contribution in [-0.4, -0.2) is 39.6 Å². The lowest BCUT2D eigenvalue weighted by Gasteiger charge is -2.34. The van der Waals surface area contributed by atoms with Crippen LogP contribution in [0.3, 0.4) is 0 Å². The normalized spacial score (nSPS) is 19.2. The summed E-state index contributed by atoms with van der Waals surface area (Å²) in [6.45, 7) is 2.50. The van der Waals surface area contributed by atoms with Crippen molar-refractivity contribution in [1.82, 2.24) is 19.8 Å². The Kier molecular flexibility index (Phi) is 5.75. The van der Waals surface area contributed by atoms with E-state index in [1.165, 1.54) is 24.8 Å². The first-order valence-corrected chi connectivity index (χ1v) is 10.4. The van der Waals surface area contributed by atoms with Crippen LogP contribution in [-0.2, 0) is 6.54 Å². The van der Waals surface area contributed by atoms with Crippen LogP contribution in [0.15, 0.2) is 42.7 Å². The van der Waals surface area contributed by atoms with Gasteiger partial charge in [0.2, 0.25) is 0 Å². The average Bonchev–Trinajstić information content (AvgIpc) is 3.18. The average molecular weight is 367 g/mol. The first-order valence-electron chi connectivity index (χ1n) is 10.4. The van der Waals surface area contributed by atoms with Gasteiger partial charge < -0.3 is 14.8 Å². The molecule has 0 radical (unpaired) electrons. The molecule has 0 spiro atoms. The van der Waals surface area contributed by atoms with E-state index in [9.17, 15) is 4.79 Å². The van der Waals surface area contributed by atoms with E-state index in [0.717, 1.165) is 51.1 Å². The number of carbonyl (C=O) groups excluding carboxylic acids is 1. The van der Waals surface area contributed by atoms with Crippen LogP contribution < -0.4 is 5.32 Å². The van der Waals surface area contributed by atoms with Crippen molar-refractivity contribution in [3.05, 3.63) is 54.1 Å². The molecule has 2 fully saturated rings. The lowest BCUT2D eigenvalue weighted by Crippen LogP contribution is -2.48. The maximum Gasteiger partial charge on any atom is 0.317 e. The molecule has 0 atom stereocenters. The molecule has 1 saturated heterocycles. The van der Waals surface area contributed by atoms with E-state index >= 15 is 0 Å². The molecule has 0 unspecified atom stereocenters. The number of carbonyl (C=O) groups is 1. The van der Waals surface area contributed by atoms with Gasteiger partial charge in [-0.3, -0.25) is 0 Å². The number of aromatic nitrogens is 2. The Hall–Kier alpha value is -2.30. The van der Waals surface area contributed by atoms with E-state index in [4.69, 9.17) is 0 Å². The lowest BCUT2D eigenvalue weighted by molar-refractivity contribution is 0.173. The van der Waals surface area contributed by atoms with Gasteiger partial charge in [0.15, 0.2) is 0 Å². The molecule has 2 aromatic rings. The first kappa shape index (κ1) is 18.1. The number of imidazole rings is 1. The van der Waals surface area contributed by atoms with Gasteiger partial charge in [0.1, 0.15) is 5.82 Å². The number of piperidine rings is 1. The van der Waals surface area contributed by atoms with Gasteiger partial charge in [0.05, 0.1) is 0 Å². The third-order valence-electron chi connectivity index (χ3n) is 6.02. The monoisotopic (exact) mass is 366 g/mol. The smallest absolute Gasteiger partial charge is 0.317 e. The minimum absolute atomic E-state index is 0.132. The number of hydrogen-bond acceptors (Lipinski definition) is 2. The second-order valence-electron chi connectivity index (χ2n) is 7.94. The van der Waals surface area contributed by atoms with Crippen LogP contribution in [0.1, 0.15) is 62.3 Å². The fourth-order valence-electron chi connectivity index (χ4n) is 4.45. The topological polar surface area (TPSA) is 50.2 Å². The molecular formula is C22H30N4O. The maximum absolute atomic E-state index is 12.6. The Bertz CT molecular complexity index is 728. The van der Waals surface area contributed by atoms with Gasteiger partial charge in [-0.15, -0.1) is 0 Å². The number of hydrogen-bond donors (Lipinski definition) is 1. The Labute approximate surface area is 161 Å². The van der Waals surface area contributed by atoms with Gasteiger partial charge in [0.25, 0.3) is 0 Å². The van der Waals surface area contributed by atoms with E-state index in [0.29, 0.717) is 12.0 Å². The molecular weight excluding hydrogens is 336 g/mol. The molecule has 144 valence electrons. The largest absolute Gasteiger partial charge is 0.335 e. The Morgan fingerprint density at radius 1 is 1.04 bits per heavy atom. The van der Waals surface area contributed by atoms with Crippen LogP contribution in [0.4, 0.5) is 4.79 Å². The maximum atomic E-state index is 12.6. The summed E-state index contributed by atoms with van der Waals surface area (Å²) in [6, 6.07) is 11.0. The molecule has 27 heavy (non-hydrogen) atoms. The second kappa shape index (κ2) is 8.59. The fourth-order valence-corrected chi connectivity index (χ4v) is 4.45. The van der Waals surface area contributed by atoms with E-state index in [1.54, 1.807) is 0 Å². The summed E-state index contributed by atoms with van der Waals surface area (Å²) >= 11 is 0. The number of likely N-dealkylation sites (tertiary alicyclic amines) is 1. The molecule has 1 aliphatic carbocycles. The number of nitrogens with zero attached hydrogens (tertiary/aromatic N) is 3. The summed E-state index contributed by atoms with van der Waals surface area (Å²) in [5, 5.41) is 3.25. The Balaban J connectivity index is 1.32. The van der Waals surface area contributed by atoms with Crippen LogP contribution in [0, 0.1) is 0 Å². The van der Waals surface area contributed by atoms with Gasteiger partial charge in [-0.25, -0.2) is 9.78 Å². The van der Waals surface area contributed by atoms with E-state index < -0.39 is 0 Å². The highest BCUT2D eigenvalue weighted by Gasteiger charge is 2.27. The van der Waals surface area contributed by atoms with Crippen LogP contribution in [0.25, 0.3) is 0 Å². The molecule has 0 bridgehead atoms. The Morgan fingerprint density at radius 2 is 1.78 bits per heavy atom. The zero-order chi connectivity index (χ0) is 18.5. The summed E-state index contributed by atoms with van der Waals surface area (Å²) in [4.78, 5) is 19.2. The molecule has 2 aliphatic rings. The molecule has 5 heteroatoms. The molecule has 2 amide bonds. The van der Waals surface area contributed by atoms with Crippen LogP contribution in [0.2, 0.25) is 0 Å². The molecule has 1 N–H and O–H groups in total. The van der Waals surface area contributed by atoms with E-state index in [-0.39, 0.29) is 6.03 Å². The highest BCUT2D eigenvalue weighted by molar-refractivity contribution is 5.74. The number of rotatable bonds is 4.